The molecule has 3 rings (SSSR count). The molecule has 172 valence electrons. The summed E-state index contributed by atoms with van der Waals surface area (Å²) in [5, 5.41) is 5.43. The van der Waals surface area contributed by atoms with Crippen LogP contribution in [0.25, 0.3) is 0 Å². The third-order valence-corrected chi connectivity index (χ3v) is 5.60. The molecule has 0 saturated carbocycles. The maximum Gasteiger partial charge on any atom is 0.404 e. The molecule has 2 aliphatic rings. The van der Waals surface area contributed by atoms with Gasteiger partial charge in [-0.05, 0) is 31.4 Å². The minimum atomic E-state index is -0.971. The summed E-state index contributed by atoms with van der Waals surface area (Å²) in [5.74, 6) is -2.04. The molecule has 1 unspecified atom stereocenters. The lowest BCUT2D eigenvalue weighted by Gasteiger charge is -2.27. The van der Waals surface area contributed by atoms with E-state index in [1.165, 1.54) is 0 Å². The molecule has 2 heterocycles. The van der Waals surface area contributed by atoms with Crippen molar-refractivity contribution in [2.24, 2.45) is 5.73 Å². The molecule has 1 fully saturated rings. The molecule has 0 spiro atoms. The van der Waals surface area contributed by atoms with Gasteiger partial charge in [-0.1, -0.05) is 31.7 Å². The average Bonchev–Trinajstić information content (AvgIpc) is 3.00. The van der Waals surface area contributed by atoms with E-state index in [1.54, 1.807) is 18.2 Å². The Morgan fingerprint density at radius 1 is 1.06 bits per heavy atom. The van der Waals surface area contributed by atoms with E-state index in [0.29, 0.717) is 18.8 Å². The molecule has 1 atom stereocenters. The Hall–Kier alpha value is -3.43. The highest BCUT2D eigenvalue weighted by Crippen LogP contribution is 2.32. The summed E-state index contributed by atoms with van der Waals surface area (Å²) in [6, 6.07) is 4.06. The van der Waals surface area contributed by atoms with E-state index >= 15 is 0 Å². The van der Waals surface area contributed by atoms with Crippen molar-refractivity contribution >= 4 is 35.4 Å². The molecule has 1 saturated heterocycles. The number of nitrogens with one attached hydrogen (secondary N) is 2. The number of benzene rings is 1. The number of ether oxygens (including phenoxy) is 1. The summed E-state index contributed by atoms with van der Waals surface area (Å²) >= 11 is 0. The Bertz CT molecular complexity index is 916. The maximum atomic E-state index is 13.0. The second-order valence-corrected chi connectivity index (χ2v) is 7.89. The number of rotatable bonds is 11. The standard InChI is InChI=1S/C22H28N4O6/c23-22(31)32-13-6-4-2-1-3-5-12-24-15-9-7-8-14-18(15)21(30)26(20(14)29)16-10-11-17(27)25-19(16)28/h7-9,16,24H,1-6,10-13H2,(H2,23,31)(H,25,27,28). The van der Waals surface area contributed by atoms with Crippen LogP contribution in [-0.4, -0.2) is 53.8 Å². The van der Waals surface area contributed by atoms with Gasteiger partial charge in [0.25, 0.3) is 11.8 Å². The number of imide groups is 2. The zero-order valence-electron chi connectivity index (χ0n) is 17.9. The average molecular weight is 444 g/mol. The van der Waals surface area contributed by atoms with Crippen LogP contribution in [0.15, 0.2) is 18.2 Å². The number of primary amides is 1. The summed E-state index contributed by atoms with van der Waals surface area (Å²) in [6.07, 6.45) is 5.16. The first kappa shape index (κ1) is 23.2. The topological polar surface area (TPSA) is 148 Å². The van der Waals surface area contributed by atoms with Crippen LogP contribution in [0, 0.1) is 0 Å². The van der Waals surface area contributed by atoms with Crippen LogP contribution in [0.2, 0.25) is 0 Å². The molecule has 5 amide bonds. The molecule has 0 aromatic heterocycles. The molecule has 1 aromatic rings. The number of nitrogens with two attached hydrogens (primary N) is 1. The number of hydrogen-bond donors (Lipinski definition) is 3. The third kappa shape index (κ3) is 5.43. The van der Waals surface area contributed by atoms with Gasteiger partial charge in [-0.2, -0.15) is 0 Å². The number of piperidine rings is 1. The van der Waals surface area contributed by atoms with Crippen molar-refractivity contribution in [3.8, 4) is 0 Å². The van der Waals surface area contributed by atoms with Gasteiger partial charge in [-0.3, -0.25) is 29.4 Å². The largest absolute Gasteiger partial charge is 0.450 e. The summed E-state index contributed by atoms with van der Waals surface area (Å²) in [4.78, 5) is 60.9. The Labute approximate surface area is 185 Å². The van der Waals surface area contributed by atoms with E-state index < -0.39 is 35.8 Å². The molecule has 10 heteroatoms. The summed E-state index contributed by atoms with van der Waals surface area (Å²) in [6.45, 7) is 0.986. The molecule has 0 aliphatic carbocycles. The van der Waals surface area contributed by atoms with Gasteiger partial charge in [0.15, 0.2) is 0 Å². The van der Waals surface area contributed by atoms with E-state index in [4.69, 9.17) is 5.73 Å². The quantitative estimate of drug-likeness (QED) is 0.349. The van der Waals surface area contributed by atoms with Crippen LogP contribution in [0.1, 0.15) is 72.1 Å². The molecular formula is C22H28N4O6. The third-order valence-electron chi connectivity index (χ3n) is 5.60. The predicted molar refractivity (Wildman–Crippen MR) is 115 cm³/mol. The molecule has 0 radical (unpaired) electrons. The molecule has 1 aromatic carbocycles. The highest BCUT2D eigenvalue weighted by atomic mass is 16.5. The van der Waals surface area contributed by atoms with E-state index in [1.807, 2.05) is 0 Å². The Balaban J connectivity index is 1.48. The highest BCUT2D eigenvalue weighted by Gasteiger charge is 2.45. The molecule has 2 aliphatic heterocycles. The lowest BCUT2D eigenvalue weighted by molar-refractivity contribution is -0.136. The fraction of sp³-hybridized carbons (Fsp3) is 0.500. The smallest absolute Gasteiger partial charge is 0.404 e. The van der Waals surface area contributed by atoms with Gasteiger partial charge in [0.2, 0.25) is 11.8 Å². The van der Waals surface area contributed by atoms with E-state index in [2.05, 4.69) is 15.4 Å². The summed E-state index contributed by atoms with van der Waals surface area (Å²) in [7, 11) is 0. The number of amides is 5. The SMILES string of the molecule is NC(=O)OCCCCCCCCNc1cccc2c1C(=O)N(C1CCC(=O)NC1=O)C2=O. The first-order chi connectivity index (χ1) is 15.4. The van der Waals surface area contributed by atoms with Gasteiger partial charge in [0.1, 0.15) is 6.04 Å². The lowest BCUT2D eigenvalue weighted by atomic mass is 10.0. The number of anilines is 1. The van der Waals surface area contributed by atoms with Crippen molar-refractivity contribution < 1.29 is 28.7 Å². The van der Waals surface area contributed by atoms with E-state index in [-0.39, 0.29) is 24.0 Å². The van der Waals surface area contributed by atoms with E-state index in [0.717, 1.165) is 43.4 Å². The van der Waals surface area contributed by atoms with Gasteiger partial charge >= 0.3 is 6.09 Å². The van der Waals surface area contributed by atoms with Crippen molar-refractivity contribution in [2.75, 3.05) is 18.5 Å². The number of nitrogens with zero attached hydrogens (tertiary/aromatic N) is 1. The molecule has 10 nitrogen and oxygen atoms in total. The first-order valence-electron chi connectivity index (χ1n) is 10.9. The lowest BCUT2D eigenvalue weighted by Crippen LogP contribution is -2.54. The van der Waals surface area contributed by atoms with Crippen molar-refractivity contribution in [1.82, 2.24) is 10.2 Å². The minimum absolute atomic E-state index is 0.0904. The number of hydrogen-bond acceptors (Lipinski definition) is 7. The summed E-state index contributed by atoms with van der Waals surface area (Å²) in [5.41, 5.74) is 6.01. The molecule has 32 heavy (non-hydrogen) atoms. The predicted octanol–water partition coefficient (Wildman–Crippen LogP) is 1.94. The van der Waals surface area contributed by atoms with Gasteiger partial charge in [0.05, 0.1) is 17.7 Å². The Morgan fingerprint density at radius 3 is 2.50 bits per heavy atom. The number of carbonyl (C=O) groups excluding carboxylic acids is 5. The fourth-order valence-electron chi connectivity index (χ4n) is 3.99. The Kier molecular flexibility index (Phi) is 7.80. The fourth-order valence-corrected chi connectivity index (χ4v) is 3.99. The van der Waals surface area contributed by atoms with Crippen LogP contribution in [0.3, 0.4) is 0 Å². The second kappa shape index (κ2) is 10.7. The second-order valence-electron chi connectivity index (χ2n) is 7.89. The molecule has 4 N–H and O–H groups in total. The van der Waals surface area contributed by atoms with Crippen molar-refractivity contribution in [3.63, 3.8) is 0 Å². The van der Waals surface area contributed by atoms with Crippen LogP contribution in [0.5, 0.6) is 0 Å². The van der Waals surface area contributed by atoms with Crippen LogP contribution in [-0.2, 0) is 14.3 Å². The van der Waals surface area contributed by atoms with E-state index in [9.17, 15) is 24.0 Å². The van der Waals surface area contributed by atoms with Gasteiger partial charge in [-0.15, -0.1) is 0 Å². The number of unbranched alkanes of at least 4 members (excludes halogenated alkanes) is 5. The van der Waals surface area contributed by atoms with Gasteiger partial charge in [-0.25, -0.2) is 4.79 Å². The maximum absolute atomic E-state index is 13.0. The monoisotopic (exact) mass is 444 g/mol. The van der Waals surface area contributed by atoms with Crippen molar-refractivity contribution in [2.45, 2.75) is 57.4 Å². The number of fused-ring (bicyclic) bond motifs is 1. The Morgan fingerprint density at radius 2 is 1.78 bits per heavy atom. The van der Waals surface area contributed by atoms with Crippen LogP contribution >= 0.6 is 0 Å². The zero-order chi connectivity index (χ0) is 23.1. The summed E-state index contributed by atoms with van der Waals surface area (Å²) < 4.78 is 4.68. The molecular weight excluding hydrogens is 416 g/mol. The normalized spacial score (nSPS) is 17.9. The number of carbonyl (C=O) groups is 5. The van der Waals surface area contributed by atoms with Gasteiger partial charge in [0, 0.05) is 18.7 Å². The first-order valence-corrected chi connectivity index (χ1v) is 10.9. The highest BCUT2D eigenvalue weighted by molar-refractivity contribution is 6.25. The minimum Gasteiger partial charge on any atom is -0.450 e. The van der Waals surface area contributed by atoms with Crippen molar-refractivity contribution in [1.29, 1.82) is 0 Å². The zero-order valence-corrected chi connectivity index (χ0v) is 17.9. The van der Waals surface area contributed by atoms with Crippen LogP contribution < -0.4 is 16.4 Å². The molecule has 0 bridgehead atoms. The van der Waals surface area contributed by atoms with Crippen LogP contribution in [0.4, 0.5) is 10.5 Å². The van der Waals surface area contributed by atoms with Gasteiger partial charge < -0.3 is 15.8 Å². The van der Waals surface area contributed by atoms with Crippen molar-refractivity contribution in [3.05, 3.63) is 29.3 Å².